The Morgan fingerprint density at radius 3 is 2.90 bits per heavy atom. The maximum atomic E-state index is 12.5. The van der Waals surface area contributed by atoms with E-state index in [1.165, 1.54) is 0 Å². The molecule has 0 bridgehead atoms. The van der Waals surface area contributed by atoms with Crippen LogP contribution >= 0.6 is 0 Å². The van der Waals surface area contributed by atoms with E-state index in [0.717, 1.165) is 31.6 Å². The van der Waals surface area contributed by atoms with Gasteiger partial charge < -0.3 is 5.32 Å². The maximum absolute atomic E-state index is 12.5. The number of hydrogen-bond donors (Lipinski definition) is 1. The zero-order valence-corrected chi connectivity index (χ0v) is 13.5. The van der Waals surface area contributed by atoms with E-state index in [-0.39, 0.29) is 5.75 Å². The Balaban J connectivity index is 1.91. The number of aryl methyl sites for hydroxylation is 1. The van der Waals surface area contributed by atoms with Crippen LogP contribution in [0.1, 0.15) is 25.5 Å². The fraction of sp³-hybridized carbons (Fsp3) is 0.667. The summed E-state index contributed by atoms with van der Waals surface area (Å²) in [5.74, 6) is 0.571. The summed E-state index contributed by atoms with van der Waals surface area (Å²) in [6, 6.07) is 5.60. The quantitative estimate of drug-likeness (QED) is 0.824. The van der Waals surface area contributed by atoms with Gasteiger partial charge in [0.1, 0.15) is 0 Å². The molecule has 0 saturated carbocycles. The summed E-state index contributed by atoms with van der Waals surface area (Å²) >= 11 is 0. The van der Waals surface area contributed by atoms with E-state index < -0.39 is 10.0 Å². The smallest absolute Gasteiger partial charge is 0.214 e. The van der Waals surface area contributed by atoms with E-state index in [4.69, 9.17) is 0 Å². The molecule has 0 spiro atoms. The number of hydrogen-bond acceptors (Lipinski definition) is 4. The highest BCUT2D eigenvalue weighted by Crippen LogP contribution is 2.15. The number of sulfonamides is 1. The van der Waals surface area contributed by atoms with Crippen molar-refractivity contribution < 1.29 is 8.42 Å². The molecule has 1 aliphatic rings. The van der Waals surface area contributed by atoms with Crippen LogP contribution < -0.4 is 5.32 Å². The lowest BCUT2D eigenvalue weighted by Gasteiger charge is -2.28. The van der Waals surface area contributed by atoms with E-state index in [9.17, 15) is 8.42 Å². The SMILES string of the molecule is CCN(CC1CCCNC1)S(=O)(=O)CCc1ccccn1. The third-order valence-electron chi connectivity index (χ3n) is 3.95. The monoisotopic (exact) mass is 311 g/mol. The zero-order valence-electron chi connectivity index (χ0n) is 12.7. The Labute approximate surface area is 127 Å². The van der Waals surface area contributed by atoms with Crippen LogP contribution in [0.4, 0.5) is 0 Å². The van der Waals surface area contributed by atoms with Crippen molar-refractivity contribution in [3.05, 3.63) is 30.1 Å². The summed E-state index contributed by atoms with van der Waals surface area (Å²) in [5, 5.41) is 3.34. The molecular formula is C15H25N3O2S. The summed E-state index contributed by atoms with van der Waals surface area (Å²) in [5.41, 5.74) is 0.830. The van der Waals surface area contributed by atoms with Crippen LogP contribution in [0.15, 0.2) is 24.4 Å². The van der Waals surface area contributed by atoms with Gasteiger partial charge >= 0.3 is 0 Å². The highest BCUT2D eigenvalue weighted by Gasteiger charge is 2.24. The first-order chi connectivity index (χ1) is 10.1. The molecular weight excluding hydrogens is 286 g/mol. The molecule has 1 aromatic rings. The lowest BCUT2D eigenvalue weighted by Crippen LogP contribution is -2.42. The Hall–Kier alpha value is -0.980. The van der Waals surface area contributed by atoms with Crippen molar-refractivity contribution in [2.45, 2.75) is 26.2 Å². The molecule has 0 amide bonds. The first-order valence-corrected chi connectivity index (χ1v) is 9.31. The van der Waals surface area contributed by atoms with Crippen molar-refractivity contribution in [1.82, 2.24) is 14.6 Å². The van der Waals surface area contributed by atoms with Gasteiger partial charge in [-0.2, -0.15) is 0 Å². The topological polar surface area (TPSA) is 62.3 Å². The van der Waals surface area contributed by atoms with Crippen LogP contribution in [0.3, 0.4) is 0 Å². The van der Waals surface area contributed by atoms with Crippen molar-refractivity contribution in [3.63, 3.8) is 0 Å². The molecule has 5 nitrogen and oxygen atoms in total. The third-order valence-corrected chi connectivity index (χ3v) is 5.86. The first kappa shape index (κ1) is 16.4. The van der Waals surface area contributed by atoms with Crippen LogP contribution in [0, 0.1) is 5.92 Å². The second-order valence-corrected chi connectivity index (χ2v) is 7.64. The molecule has 0 radical (unpaired) electrons. The Morgan fingerprint density at radius 2 is 2.29 bits per heavy atom. The molecule has 1 atom stereocenters. The Bertz CT molecular complexity index is 513. The average molecular weight is 311 g/mol. The minimum Gasteiger partial charge on any atom is -0.316 e. The van der Waals surface area contributed by atoms with Gasteiger partial charge in [0.05, 0.1) is 5.75 Å². The van der Waals surface area contributed by atoms with Crippen LogP contribution in [0.25, 0.3) is 0 Å². The minimum absolute atomic E-state index is 0.137. The fourth-order valence-electron chi connectivity index (χ4n) is 2.72. The molecule has 1 aromatic heterocycles. The van der Waals surface area contributed by atoms with Gasteiger partial charge in [0.2, 0.25) is 10.0 Å². The van der Waals surface area contributed by atoms with Crippen LogP contribution in [-0.4, -0.2) is 49.6 Å². The first-order valence-electron chi connectivity index (χ1n) is 7.70. The Kier molecular flexibility index (Phi) is 6.14. The molecule has 1 fully saturated rings. The molecule has 2 rings (SSSR count). The van der Waals surface area contributed by atoms with E-state index >= 15 is 0 Å². The number of rotatable bonds is 7. The highest BCUT2D eigenvalue weighted by molar-refractivity contribution is 7.89. The minimum atomic E-state index is -3.20. The molecule has 118 valence electrons. The van der Waals surface area contributed by atoms with E-state index in [0.29, 0.717) is 25.4 Å². The Morgan fingerprint density at radius 1 is 1.43 bits per heavy atom. The van der Waals surface area contributed by atoms with Crippen molar-refractivity contribution in [2.75, 3.05) is 31.9 Å². The normalized spacial score (nSPS) is 19.8. The lowest BCUT2D eigenvalue weighted by molar-refractivity contribution is 0.298. The van der Waals surface area contributed by atoms with Gasteiger partial charge in [0.25, 0.3) is 0 Å². The molecule has 0 aromatic carbocycles. The molecule has 1 unspecified atom stereocenters. The molecule has 1 N–H and O–H groups in total. The van der Waals surface area contributed by atoms with Gasteiger partial charge in [-0.25, -0.2) is 12.7 Å². The predicted molar refractivity (Wildman–Crippen MR) is 84.6 cm³/mol. The number of nitrogens with one attached hydrogen (secondary N) is 1. The van der Waals surface area contributed by atoms with Gasteiger partial charge in [-0.05, 0) is 44.0 Å². The molecule has 1 saturated heterocycles. The molecule has 1 aliphatic heterocycles. The van der Waals surface area contributed by atoms with Gasteiger partial charge in [-0.15, -0.1) is 0 Å². The van der Waals surface area contributed by atoms with Crippen LogP contribution in [-0.2, 0) is 16.4 Å². The summed E-state index contributed by atoms with van der Waals surface area (Å²) in [4.78, 5) is 4.19. The zero-order chi connectivity index (χ0) is 15.1. The lowest BCUT2D eigenvalue weighted by atomic mass is 10.00. The number of piperidine rings is 1. The van der Waals surface area contributed by atoms with Crippen molar-refractivity contribution in [3.8, 4) is 0 Å². The van der Waals surface area contributed by atoms with Crippen LogP contribution in [0.5, 0.6) is 0 Å². The standard InChI is InChI=1S/C15H25N3O2S/c1-2-18(13-14-6-5-9-16-12-14)21(19,20)11-8-15-7-3-4-10-17-15/h3-4,7,10,14,16H,2,5-6,8-9,11-13H2,1H3. The molecule has 2 heterocycles. The van der Waals surface area contributed by atoms with Gasteiger partial charge in [0.15, 0.2) is 0 Å². The van der Waals surface area contributed by atoms with Gasteiger partial charge in [-0.1, -0.05) is 13.0 Å². The van der Waals surface area contributed by atoms with E-state index in [1.807, 2.05) is 25.1 Å². The number of aromatic nitrogens is 1. The second kappa shape index (κ2) is 7.87. The van der Waals surface area contributed by atoms with Crippen molar-refractivity contribution >= 4 is 10.0 Å². The number of nitrogens with zero attached hydrogens (tertiary/aromatic N) is 2. The molecule has 0 aliphatic carbocycles. The number of pyridine rings is 1. The van der Waals surface area contributed by atoms with Crippen molar-refractivity contribution in [1.29, 1.82) is 0 Å². The summed E-state index contributed by atoms with van der Waals surface area (Å²) in [6.45, 7) is 5.06. The largest absolute Gasteiger partial charge is 0.316 e. The summed E-state index contributed by atoms with van der Waals surface area (Å²) in [7, 11) is -3.20. The van der Waals surface area contributed by atoms with Gasteiger partial charge in [0, 0.05) is 31.4 Å². The fourth-order valence-corrected chi connectivity index (χ4v) is 4.27. The third kappa shape index (κ3) is 5.05. The van der Waals surface area contributed by atoms with Crippen molar-refractivity contribution in [2.24, 2.45) is 5.92 Å². The molecule has 6 heteroatoms. The summed E-state index contributed by atoms with van der Waals surface area (Å²) in [6.07, 6.45) is 4.42. The molecule has 21 heavy (non-hydrogen) atoms. The predicted octanol–water partition coefficient (Wildman–Crippen LogP) is 1.28. The van der Waals surface area contributed by atoms with Gasteiger partial charge in [-0.3, -0.25) is 4.98 Å². The highest BCUT2D eigenvalue weighted by atomic mass is 32.2. The second-order valence-electron chi connectivity index (χ2n) is 5.55. The van der Waals surface area contributed by atoms with E-state index in [2.05, 4.69) is 10.3 Å². The van der Waals surface area contributed by atoms with Crippen LogP contribution in [0.2, 0.25) is 0 Å². The van der Waals surface area contributed by atoms with E-state index in [1.54, 1.807) is 10.5 Å². The summed E-state index contributed by atoms with van der Waals surface area (Å²) < 4.78 is 26.6. The maximum Gasteiger partial charge on any atom is 0.214 e. The average Bonchev–Trinajstić information content (AvgIpc) is 2.52.